The Morgan fingerprint density at radius 2 is 1.95 bits per heavy atom. The van der Waals surface area contributed by atoms with Gasteiger partial charge < -0.3 is 5.32 Å². The standard InChI is InChI=1S/C15H13N5O2/c21-20(22)13-8-4-5-11(9-13)15-17-14(18-19-15)10-16-12-6-2-1-3-7-12/h1-9,16H,10H2,(H,17,18,19). The fourth-order valence-electron chi connectivity index (χ4n) is 2.00. The van der Waals surface area contributed by atoms with Crippen LogP contribution in [0.3, 0.4) is 0 Å². The average molecular weight is 295 g/mol. The van der Waals surface area contributed by atoms with Crippen molar-refractivity contribution in [1.29, 1.82) is 0 Å². The fourth-order valence-corrected chi connectivity index (χ4v) is 2.00. The number of rotatable bonds is 5. The van der Waals surface area contributed by atoms with Crippen molar-refractivity contribution < 1.29 is 4.92 Å². The van der Waals surface area contributed by atoms with Crippen molar-refractivity contribution in [1.82, 2.24) is 15.2 Å². The van der Waals surface area contributed by atoms with E-state index < -0.39 is 4.92 Å². The maximum absolute atomic E-state index is 10.8. The van der Waals surface area contributed by atoms with Crippen molar-refractivity contribution in [2.24, 2.45) is 0 Å². The summed E-state index contributed by atoms with van der Waals surface area (Å²) in [6.45, 7) is 0.492. The van der Waals surface area contributed by atoms with E-state index in [4.69, 9.17) is 0 Å². The lowest BCUT2D eigenvalue weighted by molar-refractivity contribution is -0.384. The van der Waals surface area contributed by atoms with Gasteiger partial charge in [0, 0.05) is 23.4 Å². The topological polar surface area (TPSA) is 96.7 Å². The van der Waals surface area contributed by atoms with Crippen LogP contribution in [0.25, 0.3) is 11.4 Å². The smallest absolute Gasteiger partial charge is 0.270 e. The number of benzene rings is 2. The number of anilines is 1. The average Bonchev–Trinajstić information content (AvgIpc) is 3.03. The molecule has 7 heteroatoms. The number of non-ortho nitro benzene ring substituents is 1. The molecule has 22 heavy (non-hydrogen) atoms. The molecule has 0 bridgehead atoms. The van der Waals surface area contributed by atoms with Crippen molar-refractivity contribution in [3.63, 3.8) is 0 Å². The van der Waals surface area contributed by atoms with Crippen LogP contribution in [0.2, 0.25) is 0 Å². The summed E-state index contributed by atoms with van der Waals surface area (Å²) in [6.07, 6.45) is 0. The molecule has 0 radical (unpaired) electrons. The predicted octanol–water partition coefficient (Wildman–Crippen LogP) is 2.99. The summed E-state index contributed by atoms with van der Waals surface area (Å²) in [7, 11) is 0. The first-order valence-electron chi connectivity index (χ1n) is 6.67. The molecule has 0 fully saturated rings. The summed E-state index contributed by atoms with van der Waals surface area (Å²) < 4.78 is 0. The number of H-pyrrole nitrogens is 1. The van der Waals surface area contributed by atoms with E-state index in [1.54, 1.807) is 12.1 Å². The Labute approximate surface area is 126 Å². The van der Waals surface area contributed by atoms with Crippen LogP contribution >= 0.6 is 0 Å². The number of hydrogen-bond donors (Lipinski definition) is 2. The molecule has 0 aliphatic carbocycles. The zero-order valence-corrected chi connectivity index (χ0v) is 11.6. The summed E-state index contributed by atoms with van der Waals surface area (Å²) in [5, 5.41) is 20.9. The summed E-state index contributed by atoms with van der Waals surface area (Å²) >= 11 is 0. The molecule has 1 heterocycles. The second-order valence-electron chi connectivity index (χ2n) is 4.63. The normalized spacial score (nSPS) is 10.4. The molecule has 0 unspecified atom stereocenters. The summed E-state index contributed by atoms with van der Waals surface area (Å²) in [4.78, 5) is 14.7. The molecule has 0 spiro atoms. The molecule has 0 aliphatic rings. The molecule has 3 rings (SSSR count). The lowest BCUT2D eigenvalue weighted by Crippen LogP contribution is -2.00. The SMILES string of the molecule is O=[N+]([O-])c1cccc(-c2n[nH]c(CNc3ccccc3)n2)c1. The minimum absolute atomic E-state index is 0.0197. The number of para-hydroxylation sites is 1. The van der Waals surface area contributed by atoms with Crippen LogP contribution in [0, 0.1) is 10.1 Å². The number of nitrogens with one attached hydrogen (secondary N) is 2. The highest BCUT2D eigenvalue weighted by atomic mass is 16.6. The highest BCUT2D eigenvalue weighted by molar-refractivity contribution is 5.58. The highest BCUT2D eigenvalue weighted by Crippen LogP contribution is 2.20. The molecule has 0 aliphatic heterocycles. The van der Waals surface area contributed by atoms with E-state index in [9.17, 15) is 10.1 Å². The maximum atomic E-state index is 10.8. The first-order chi connectivity index (χ1) is 10.7. The summed E-state index contributed by atoms with van der Waals surface area (Å²) in [5.41, 5.74) is 1.61. The van der Waals surface area contributed by atoms with E-state index in [-0.39, 0.29) is 5.69 Å². The van der Waals surface area contributed by atoms with Gasteiger partial charge in [0.1, 0.15) is 5.82 Å². The van der Waals surface area contributed by atoms with Gasteiger partial charge in [-0.05, 0) is 12.1 Å². The van der Waals surface area contributed by atoms with Crippen molar-refractivity contribution >= 4 is 11.4 Å². The number of nitro benzene ring substituents is 1. The third-order valence-corrected chi connectivity index (χ3v) is 3.08. The van der Waals surface area contributed by atoms with Crippen LogP contribution in [0.5, 0.6) is 0 Å². The van der Waals surface area contributed by atoms with Crippen LogP contribution in [-0.4, -0.2) is 20.1 Å². The molecule has 0 amide bonds. The van der Waals surface area contributed by atoms with Crippen molar-refractivity contribution in [2.75, 3.05) is 5.32 Å². The van der Waals surface area contributed by atoms with Gasteiger partial charge in [-0.1, -0.05) is 30.3 Å². The molecule has 2 N–H and O–H groups in total. The molecule has 0 saturated carbocycles. The van der Waals surface area contributed by atoms with E-state index in [0.29, 0.717) is 23.8 Å². The van der Waals surface area contributed by atoms with Gasteiger partial charge in [0.05, 0.1) is 11.5 Å². The molecule has 3 aromatic rings. The molecular weight excluding hydrogens is 282 g/mol. The molecule has 1 aromatic heterocycles. The summed E-state index contributed by atoms with van der Waals surface area (Å²) in [6, 6.07) is 16.0. The number of nitro groups is 1. The Bertz CT molecular complexity index is 785. The minimum Gasteiger partial charge on any atom is -0.378 e. The quantitative estimate of drug-likeness (QED) is 0.557. The third kappa shape index (κ3) is 3.09. The van der Waals surface area contributed by atoms with Crippen LogP contribution < -0.4 is 5.32 Å². The van der Waals surface area contributed by atoms with Gasteiger partial charge in [-0.25, -0.2) is 4.98 Å². The van der Waals surface area contributed by atoms with Crippen LogP contribution in [0.15, 0.2) is 54.6 Å². The second kappa shape index (κ2) is 6.04. The van der Waals surface area contributed by atoms with Gasteiger partial charge in [0.2, 0.25) is 0 Å². The Balaban J connectivity index is 1.73. The Kier molecular flexibility index (Phi) is 3.78. The molecule has 0 atom stereocenters. The Morgan fingerprint density at radius 1 is 1.14 bits per heavy atom. The molecule has 7 nitrogen and oxygen atoms in total. The highest BCUT2D eigenvalue weighted by Gasteiger charge is 2.10. The van der Waals surface area contributed by atoms with E-state index in [1.807, 2.05) is 30.3 Å². The number of aromatic nitrogens is 3. The monoisotopic (exact) mass is 295 g/mol. The first kappa shape index (κ1) is 13.7. The van der Waals surface area contributed by atoms with E-state index in [1.165, 1.54) is 12.1 Å². The van der Waals surface area contributed by atoms with Gasteiger partial charge in [-0.2, -0.15) is 5.10 Å². The van der Waals surface area contributed by atoms with Crippen molar-refractivity contribution in [2.45, 2.75) is 6.54 Å². The van der Waals surface area contributed by atoms with Crippen LogP contribution in [0.1, 0.15) is 5.82 Å². The van der Waals surface area contributed by atoms with E-state index in [2.05, 4.69) is 20.5 Å². The van der Waals surface area contributed by atoms with Crippen LogP contribution in [-0.2, 0) is 6.54 Å². The lowest BCUT2D eigenvalue weighted by atomic mass is 10.2. The molecule has 2 aromatic carbocycles. The van der Waals surface area contributed by atoms with Gasteiger partial charge in [-0.15, -0.1) is 0 Å². The number of nitrogens with zero attached hydrogens (tertiary/aromatic N) is 3. The zero-order chi connectivity index (χ0) is 15.4. The molecule has 0 saturated heterocycles. The van der Waals surface area contributed by atoms with Gasteiger partial charge in [-0.3, -0.25) is 15.2 Å². The predicted molar refractivity (Wildman–Crippen MR) is 82.2 cm³/mol. The van der Waals surface area contributed by atoms with Crippen molar-refractivity contribution in [3.05, 3.63) is 70.5 Å². The largest absolute Gasteiger partial charge is 0.378 e. The molecular formula is C15H13N5O2. The first-order valence-corrected chi connectivity index (χ1v) is 6.67. The zero-order valence-electron chi connectivity index (χ0n) is 11.6. The Morgan fingerprint density at radius 3 is 2.73 bits per heavy atom. The number of aromatic amines is 1. The molecule has 110 valence electrons. The van der Waals surface area contributed by atoms with Gasteiger partial charge >= 0.3 is 0 Å². The van der Waals surface area contributed by atoms with Gasteiger partial charge in [0.25, 0.3) is 5.69 Å². The fraction of sp³-hybridized carbons (Fsp3) is 0.0667. The number of hydrogen-bond acceptors (Lipinski definition) is 5. The summed E-state index contributed by atoms with van der Waals surface area (Å²) in [5.74, 6) is 1.10. The minimum atomic E-state index is -0.436. The van der Waals surface area contributed by atoms with E-state index >= 15 is 0 Å². The van der Waals surface area contributed by atoms with Crippen molar-refractivity contribution in [3.8, 4) is 11.4 Å². The maximum Gasteiger partial charge on any atom is 0.270 e. The third-order valence-electron chi connectivity index (χ3n) is 3.08. The van der Waals surface area contributed by atoms with Crippen LogP contribution in [0.4, 0.5) is 11.4 Å². The van der Waals surface area contributed by atoms with Gasteiger partial charge in [0.15, 0.2) is 5.82 Å². The van der Waals surface area contributed by atoms with E-state index in [0.717, 1.165) is 5.69 Å². The Hall–Kier alpha value is -3.22. The lowest BCUT2D eigenvalue weighted by Gasteiger charge is -2.02. The second-order valence-corrected chi connectivity index (χ2v) is 4.63.